The van der Waals surface area contributed by atoms with Gasteiger partial charge in [-0.15, -0.1) is 0 Å². The van der Waals surface area contributed by atoms with Crippen molar-refractivity contribution >= 4 is 34.9 Å². The number of amides is 2. The number of carbonyl (C=O) groups is 2. The van der Waals surface area contributed by atoms with Gasteiger partial charge in [-0.05, 0) is 49.1 Å². The number of aromatic nitrogens is 1. The van der Waals surface area contributed by atoms with Crippen molar-refractivity contribution in [2.24, 2.45) is 28.3 Å². The van der Waals surface area contributed by atoms with Crippen molar-refractivity contribution in [3.63, 3.8) is 0 Å². The first-order chi connectivity index (χ1) is 23.0. The Bertz CT molecular complexity index is 1730. The van der Waals surface area contributed by atoms with Crippen LogP contribution in [0.1, 0.15) is 44.9 Å². The molecule has 1 aliphatic heterocycles. The van der Waals surface area contributed by atoms with E-state index in [0.717, 1.165) is 35.3 Å². The van der Waals surface area contributed by atoms with Crippen molar-refractivity contribution in [3.8, 4) is 16.9 Å². The maximum atomic E-state index is 12.5. The Hall–Kier alpha value is -5.61. The molecule has 1 aliphatic carbocycles. The van der Waals surface area contributed by atoms with E-state index < -0.39 is 5.91 Å². The molecule has 2 aliphatic rings. The zero-order chi connectivity index (χ0) is 35.5. The second-order valence-corrected chi connectivity index (χ2v) is 11.2. The first kappa shape index (κ1) is 36.9. The van der Waals surface area contributed by atoms with Crippen molar-refractivity contribution < 1.29 is 19.1 Å². The topological polar surface area (TPSA) is 177 Å². The molecule has 1 aromatic carbocycles. The van der Waals surface area contributed by atoms with Gasteiger partial charge in [-0.2, -0.15) is 0 Å². The van der Waals surface area contributed by atoms with Gasteiger partial charge in [0.1, 0.15) is 23.0 Å². The number of pyridine rings is 1. The quantitative estimate of drug-likeness (QED) is 0.129. The van der Waals surface area contributed by atoms with Crippen LogP contribution in [0.4, 0.5) is 5.69 Å². The lowest BCUT2D eigenvalue weighted by Crippen LogP contribution is -2.31. The highest BCUT2D eigenvalue weighted by molar-refractivity contribution is 5.96. The van der Waals surface area contributed by atoms with E-state index in [2.05, 4.69) is 32.5 Å². The Balaban J connectivity index is 0.00000307. The third-order valence-electron chi connectivity index (χ3n) is 7.87. The van der Waals surface area contributed by atoms with Crippen LogP contribution < -0.4 is 32.2 Å². The largest absolute Gasteiger partial charge is 0.494 e. The predicted molar refractivity (Wildman–Crippen MR) is 191 cm³/mol. The van der Waals surface area contributed by atoms with E-state index >= 15 is 0 Å². The Morgan fingerprint density at radius 3 is 2.52 bits per heavy atom. The number of benzene rings is 1. The number of ether oxygens (including phenoxy) is 1. The molecule has 4 rings (SSSR count). The van der Waals surface area contributed by atoms with Gasteiger partial charge in [-0.25, -0.2) is 4.79 Å². The van der Waals surface area contributed by atoms with Gasteiger partial charge in [0, 0.05) is 61.2 Å². The fraction of sp³-hybridized carbons (Fsp3) is 0.333. The molecule has 1 unspecified atom stereocenters. The average molecular weight is 655 g/mol. The van der Waals surface area contributed by atoms with Crippen LogP contribution in [0.15, 0.2) is 83.2 Å². The van der Waals surface area contributed by atoms with Crippen LogP contribution in [-0.4, -0.2) is 61.1 Å². The van der Waals surface area contributed by atoms with Crippen LogP contribution in [0.25, 0.3) is 16.8 Å². The van der Waals surface area contributed by atoms with E-state index in [9.17, 15) is 14.4 Å². The fourth-order valence-corrected chi connectivity index (χ4v) is 4.92. The highest BCUT2D eigenvalue weighted by Crippen LogP contribution is 2.39. The molecule has 12 heteroatoms. The number of aryl methyl sites for hydroxylation is 1. The predicted octanol–water partition coefficient (Wildman–Crippen LogP) is 4.01. The van der Waals surface area contributed by atoms with Crippen LogP contribution in [0.2, 0.25) is 0 Å². The summed E-state index contributed by atoms with van der Waals surface area (Å²) in [5.74, 6) is 1.79. The Morgan fingerprint density at radius 2 is 1.92 bits per heavy atom. The maximum absolute atomic E-state index is 12.5. The molecule has 12 nitrogen and oxygen atoms in total. The van der Waals surface area contributed by atoms with Crippen molar-refractivity contribution in [3.05, 3.63) is 89.4 Å². The van der Waals surface area contributed by atoms with Crippen LogP contribution in [-0.2, 0) is 14.4 Å². The van der Waals surface area contributed by atoms with E-state index in [1.165, 1.54) is 20.2 Å². The number of likely N-dealkylation sites (N-methyl/N-ethyl adjacent to an activating group) is 1. The number of nitrogens with zero attached hydrogens (tertiary/aromatic N) is 3. The number of nitrogens with one attached hydrogen (secondary N) is 3. The molecule has 2 amide bonds. The summed E-state index contributed by atoms with van der Waals surface area (Å²) in [6, 6.07) is 7.24. The zero-order valence-electron chi connectivity index (χ0n) is 28.7. The van der Waals surface area contributed by atoms with Crippen molar-refractivity contribution in [2.75, 3.05) is 33.1 Å². The van der Waals surface area contributed by atoms with Gasteiger partial charge < -0.3 is 37.1 Å². The van der Waals surface area contributed by atoms with E-state index in [0.29, 0.717) is 34.9 Å². The Labute approximate surface area is 282 Å². The number of rotatable bonds is 12. The normalized spacial score (nSPS) is 15.9. The number of anilines is 1. The Kier molecular flexibility index (Phi) is 12.9. The molecule has 0 bridgehead atoms. The van der Waals surface area contributed by atoms with Crippen LogP contribution in [0, 0.1) is 18.8 Å². The molecule has 2 aromatic rings. The van der Waals surface area contributed by atoms with E-state index in [1.807, 2.05) is 57.9 Å². The Morgan fingerprint density at radius 1 is 1.21 bits per heavy atom. The van der Waals surface area contributed by atoms with Gasteiger partial charge >= 0.3 is 0 Å². The van der Waals surface area contributed by atoms with Gasteiger partial charge in [0.05, 0.1) is 30.7 Å². The molecular weight excluding hydrogens is 608 g/mol. The lowest BCUT2D eigenvalue weighted by atomic mass is 9.94. The zero-order valence-corrected chi connectivity index (χ0v) is 28.7. The average Bonchev–Trinajstić information content (AvgIpc) is 3.93. The number of carbonyl (C=O) groups excluding carboxylic acids is 3. The van der Waals surface area contributed by atoms with Gasteiger partial charge in [0.25, 0.3) is 5.91 Å². The van der Waals surface area contributed by atoms with Gasteiger partial charge in [-0.1, -0.05) is 39.5 Å². The molecule has 254 valence electrons. The van der Waals surface area contributed by atoms with E-state index in [4.69, 9.17) is 16.2 Å². The number of aliphatic imine (C=N–C) groups is 1. The summed E-state index contributed by atoms with van der Waals surface area (Å²) < 4.78 is 5.83. The summed E-state index contributed by atoms with van der Waals surface area (Å²) in [5.41, 5.74) is 17.7. The van der Waals surface area contributed by atoms with Crippen LogP contribution in [0.3, 0.4) is 0 Å². The molecule has 48 heavy (non-hydrogen) atoms. The minimum Gasteiger partial charge on any atom is -0.494 e. The van der Waals surface area contributed by atoms with Crippen LogP contribution >= 0.6 is 0 Å². The molecule has 0 radical (unpaired) electrons. The second kappa shape index (κ2) is 16.8. The summed E-state index contributed by atoms with van der Waals surface area (Å²) >= 11 is 0. The maximum Gasteiger partial charge on any atom is 0.269 e. The lowest BCUT2D eigenvalue weighted by Gasteiger charge is -2.25. The van der Waals surface area contributed by atoms with Gasteiger partial charge in [-0.3, -0.25) is 19.6 Å². The summed E-state index contributed by atoms with van der Waals surface area (Å²) in [6.07, 6.45) is 8.28. The minimum absolute atomic E-state index is 0.0347. The summed E-state index contributed by atoms with van der Waals surface area (Å²) in [7, 11) is 4.78. The van der Waals surface area contributed by atoms with Crippen molar-refractivity contribution in [2.45, 2.75) is 40.5 Å². The first-order valence-electron chi connectivity index (χ1n) is 15.8. The number of methoxy groups -OCH3 is 1. The monoisotopic (exact) mass is 654 g/mol. The minimum atomic E-state index is -0.541. The van der Waals surface area contributed by atoms with E-state index in [1.54, 1.807) is 30.4 Å². The second-order valence-electron chi connectivity index (χ2n) is 11.2. The highest BCUT2D eigenvalue weighted by Gasteiger charge is 2.30. The molecule has 0 saturated heterocycles. The van der Waals surface area contributed by atoms with E-state index in [-0.39, 0.29) is 35.0 Å². The standard InChI is InChI=1S/C34H40N8O4.C2H6/c1-19-12-13-38-28(21(19)3)17-42(5)29(18-43)26-14-20(2)24(16-39-26)23-8-7-9-25(32(23)46-6)40-27(31(36)34(45)37-4)15-30(35)41-33(44)22-10-11-22;1-2/h7-9,12-16,21-22,40H,1,10-11,17,35-36H2,2-6H3,(H,37,45)(H,41,44);1-2H3/b30-15+,31-27+;. The van der Waals surface area contributed by atoms with Crippen molar-refractivity contribution in [1.29, 1.82) is 0 Å². The third-order valence-corrected chi connectivity index (χ3v) is 7.87. The molecule has 2 heterocycles. The number of hydrogen-bond donors (Lipinski definition) is 5. The number of hydrogen-bond acceptors (Lipinski definition) is 10. The fourth-order valence-electron chi connectivity index (χ4n) is 4.92. The highest BCUT2D eigenvalue weighted by atomic mass is 16.5. The summed E-state index contributed by atoms with van der Waals surface area (Å²) in [4.78, 5) is 47.7. The van der Waals surface area contributed by atoms with Crippen molar-refractivity contribution in [1.82, 2.24) is 20.5 Å². The summed E-state index contributed by atoms with van der Waals surface area (Å²) in [6.45, 7) is 12.4. The molecule has 1 aromatic heterocycles. The number of nitrogens with two attached hydrogens (primary N) is 2. The smallest absolute Gasteiger partial charge is 0.269 e. The molecule has 1 atom stereocenters. The lowest BCUT2D eigenvalue weighted by molar-refractivity contribution is -0.121. The third kappa shape index (κ3) is 8.80. The SMILES string of the molecule is C=C1C=CN=C(CN(C)C(=C=O)c2cc(C)c(-c3cccc(NC(/C=C(\N)NC(=O)C4CC4)=C(/N)C(=O)NC)c3OC)cn2)C1C.CC. The molecular formula is C36H46N8O4. The molecule has 7 N–H and O–H groups in total. The van der Waals surface area contributed by atoms with Gasteiger partial charge in [0.15, 0.2) is 5.94 Å². The summed E-state index contributed by atoms with van der Waals surface area (Å²) in [5, 5.41) is 8.29. The molecule has 1 saturated carbocycles. The van der Waals surface area contributed by atoms with Gasteiger partial charge in [0.2, 0.25) is 5.91 Å². The molecule has 1 fully saturated rings. The van der Waals surface area contributed by atoms with Crippen LogP contribution in [0.5, 0.6) is 5.75 Å². The molecule has 0 spiro atoms. The number of para-hydroxylation sites is 1. The first-order valence-corrected chi connectivity index (χ1v) is 15.8. The number of allylic oxidation sites excluding steroid dienone is 3.